The highest BCUT2D eigenvalue weighted by Gasteiger charge is 2.34. The van der Waals surface area contributed by atoms with Crippen LogP contribution in [0.4, 0.5) is 5.69 Å². The van der Waals surface area contributed by atoms with Gasteiger partial charge in [-0.1, -0.05) is 17.7 Å². The smallest absolute Gasteiger partial charge is 0.238 e. The van der Waals surface area contributed by atoms with Crippen LogP contribution in [0.1, 0.15) is 33.3 Å². The molecule has 0 radical (unpaired) electrons. The molecule has 106 valence electrons. The van der Waals surface area contributed by atoms with Crippen molar-refractivity contribution in [2.45, 2.75) is 45.8 Å². The molecule has 3 N–H and O–H groups in total. The summed E-state index contributed by atoms with van der Waals surface area (Å²) >= 11 is 0. The maximum absolute atomic E-state index is 11.8. The highest BCUT2D eigenvalue weighted by Crippen LogP contribution is 2.20. The van der Waals surface area contributed by atoms with Gasteiger partial charge in [-0.25, -0.2) is 0 Å². The average molecular weight is 264 g/mol. The predicted octanol–water partition coefficient (Wildman–Crippen LogP) is 2.07. The van der Waals surface area contributed by atoms with E-state index in [1.54, 1.807) is 13.8 Å². The molecule has 0 saturated heterocycles. The Kier molecular flexibility index (Phi) is 4.71. The van der Waals surface area contributed by atoms with Crippen LogP contribution in [0, 0.1) is 6.92 Å². The normalized spacial score (nSPS) is 12.3. The standard InChI is InChI=1S/C15H24N2O2/c1-11-6-8-12(9-7-11)17-13(18)10-16-14(2,3)15(4,5)19/h6-9,16,19H,10H2,1-5H3,(H,17,18). The summed E-state index contributed by atoms with van der Waals surface area (Å²) in [6, 6.07) is 7.64. The summed E-state index contributed by atoms with van der Waals surface area (Å²) in [6.45, 7) is 9.33. The van der Waals surface area contributed by atoms with Gasteiger partial charge in [0.1, 0.15) is 0 Å². The molecule has 4 heteroatoms. The van der Waals surface area contributed by atoms with Crippen LogP contribution in [-0.2, 0) is 4.79 Å². The van der Waals surface area contributed by atoms with E-state index in [4.69, 9.17) is 0 Å². The Morgan fingerprint density at radius 3 is 2.16 bits per heavy atom. The molecular weight excluding hydrogens is 240 g/mol. The number of benzene rings is 1. The number of rotatable bonds is 5. The molecule has 0 aliphatic carbocycles. The number of carbonyl (C=O) groups is 1. The number of carbonyl (C=O) groups excluding carboxylic acids is 1. The maximum Gasteiger partial charge on any atom is 0.238 e. The van der Waals surface area contributed by atoms with Crippen LogP contribution in [0.25, 0.3) is 0 Å². The number of aryl methyl sites for hydroxylation is 1. The van der Waals surface area contributed by atoms with E-state index in [0.29, 0.717) is 0 Å². The van der Waals surface area contributed by atoms with E-state index in [1.165, 1.54) is 0 Å². The Morgan fingerprint density at radius 2 is 1.68 bits per heavy atom. The SMILES string of the molecule is Cc1ccc(NC(=O)CNC(C)(C)C(C)(C)O)cc1. The molecule has 0 aromatic heterocycles. The van der Waals surface area contributed by atoms with Crippen molar-refractivity contribution in [3.05, 3.63) is 29.8 Å². The Morgan fingerprint density at radius 1 is 1.16 bits per heavy atom. The van der Waals surface area contributed by atoms with Crippen molar-refractivity contribution < 1.29 is 9.90 Å². The fraction of sp³-hybridized carbons (Fsp3) is 0.533. The van der Waals surface area contributed by atoms with E-state index in [9.17, 15) is 9.90 Å². The molecule has 0 fully saturated rings. The van der Waals surface area contributed by atoms with E-state index in [2.05, 4.69) is 10.6 Å². The summed E-state index contributed by atoms with van der Waals surface area (Å²) in [7, 11) is 0. The molecule has 0 spiro atoms. The van der Waals surface area contributed by atoms with Gasteiger partial charge < -0.3 is 15.7 Å². The summed E-state index contributed by atoms with van der Waals surface area (Å²) in [6.07, 6.45) is 0. The molecule has 0 bridgehead atoms. The predicted molar refractivity (Wildman–Crippen MR) is 78.2 cm³/mol. The van der Waals surface area contributed by atoms with E-state index < -0.39 is 11.1 Å². The van der Waals surface area contributed by atoms with Crippen LogP contribution < -0.4 is 10.6 Å². The number of hydrogen-bond donors (Lipinski definition) is 3. The van der Waals surface area contributed by atoms with E-state index in [1.807, 2.05) is 45.0 Å². The molecule has 19 heavy (non-hydrogen) atoms. The monoisotopic (exact) mass is 264 g/mol. The van der Waals surface area contributed by atoms with Gasteiger partial charge in [-0.05, 0) is 46.8 Å². The zero-order valence-corrected chi connectivity index (χ0v) is 12.4. The lowest BCUT2D eigenvalue weighted by Gasteiger charge is -2.38. The largest absolute Gasteiger partial charge is 0.389 e. The van der Waals surface area contributed by atoms with Gasteiger partial charge >= 0.3 is 0 Å². The van der Waals surface area contributed by atoms with Crippen LogP contribution in [0.5, 0.6) is 0 Å². The van der Waals surface area contributed by atoms with Gasteiger partial charge in [0.05, 0.1) is 12.1 Å². The van der Waals surface area contributed by atoms with Crippen molar-refractivity contribution >= 4 is 11.6 Å². The van der Waals surface area contributed by atoms with Crippen LogP contribution in [0.15, 0.2) is 24.3 Å². The van der Waals surface area contributed by atoms with Crippen molar-refractivity contribution in [1.82, 2.24) is 5.32 Å². The number of amides is 1. The highest BCUT2D eigenvalue weighted by molar-refractivity contribution is 5.92. The Bertz CT molecular complexity index is 430. The molecule has 4 nitrogen and oxygen atoms in total. The van der Waals surface area contributed by atoms with Gasteiger partial charge in [-0.15, -0.1) is 0 Å². The fourth-order valence-electron chi connectivity index (χ4n) is 1.36. The summed E-state index contributed by atoms with van der Waals surface area (Å²) in [5.41, 5.74) is 0.479. The van der Waals surface area contributed by atoms with Crippen LogP contribution in [-0.4, -0.2) is 28.7 Å². The van der Waals surface area contributed by atoms with Crippen molar-refractivity contribution in [2.75, 3.05) is 11.9 Å². The van der Waals surface area contributed by atoms with Gasteiger partial charge in [0.15, 0.2) is 0 Å². The molecule has 1 aromatic rings. The molecule has 0 aliphatic heterocycles. The first-order chi connectivity index (χ1) is 8.62. The average Bonchev–Trinajstić information content (AvgIpc) is 2.28. The third kappa shape index (κ3) is 4.65. The minimum Gasteiger partial charge on any atom is -0.389 e. The minimum absolute atomic E-state index is 0.124. The van der Waals surface area contributed by atoms with Gasteiger partial charge in [0.2, 0.25) is 5.91 Å². The lowest BCUT2D eigenvalue weighted by Crippen LogP contribution is -2.57. The van der Waals surface area contributed by atoms with Crippen molar-refractivity contribution in [2.24, 2.45) is 0 Å². The van der Waals surface area contributed by atoms with E-state index in [-0.39, 0.29) is 12.5 Å². The molecule has 0 aliphatic rings. The number of anilines is 1. The second-order valence-electron chi connectivity index (χ2n) is 5.95. The molecule has 0 saturated carbocycles. The molecule has 0 heterocycles. The summed E-state index contributed by atoms with van der Waals surface area (Å²) in [4.78, 5) is 11.8. The van der Waals surface area contributed by atoms with Crippen LogP contribution >= 0.6 is 0 Å². The van der Waals surface area contributed by atoms with Crippen molar-refractivity contribution in [3.63, 3.8) is 0 Å². The zero-order valence-electron chi connectivity index (χ0n) is 12.4. The van der Waals surface area contributed by atoms with E-state index in [0.717, 1.165) is 11.3 Å². The number of nitrogens with one attached hydrogen (secondary N) is 2. The topological polar surface area (TPSA) is 61.4 Å². The Hall–Kier alpha value is -1.39. The first-order valence-corrected chi connectivity index (χ1v) is 6.46. The maximum atomic E-state index is 11.8. The quantitative estimate of drug-likeness (QED) is 0.763. The third-order valence-corrected chi connectivity index (χ3v) is 3.56. The Balaban J connectivity index is 2.51. The van der Waals surface area contributed by atoms with Gasteiger partial charge in [0.25, 0.3) is 0 Å². The molecule has 0 atom stereocenters. The molecule has 0 unspecified atom stereocenters. The second-order valence-corrected chi connectivity index (χ2v) is 5.95. The molecule has 1 aromatic carbocycles. The minimum atomic E-state index is -0.906. The van der Waals surface area contributed by atoms with Crippen LogP contribution in [0.2, 0.25) is 0 Å². The van der Waals surface area contributed by atoms with Gasteiger partial charge in [0, 0.05) is 11.2 Å². The van der Waals surface area contributed by atoms with Crippen LogP contribution in [0.3, 0.4) is 0 Å². The summed E-state index contributed by atoms with van der Waals surface area (Å²) in [5.74, 6) is -0.124. The first-order valence-electron chi connectivity index (χ1n) is 6.46. The van der Waals surface area contributed by atoms with Crippen molar-refractivity contribution in [3.8, 4) is 0 Å². The van der Waals surface area contributed by atoms with E-state index >= 15 is 0 Å². The first kappa shape index (κ1) is 15.7. The molecular formula is C15H24N2O2. The van der Waals surface area contributed by atoms with Gasteiger partial charge in [-0.2, -0.15) is 0 Å². The lowest BCUT2D eigenvalue weighted by atomic mass is 9.86. The van der Waals surface area contributed by atoms with Gasteiger partial charge in [-0.3, -0.25) is 4.79 Å². The molecule has 1 amide bonds. The van der Waals surface area contributed by atoms with Crippen molar-refractivity contribution in [1.29, 1.82) is 0 Å². The third-order valence-electron chi connectivity index (χ3n) is 3.56. The highest BCUT2D eigenvalue weighted by atomic mass is 16.3. The number of hydrogen-bond acceptors (Lipinski definition) is 3. The summed E-state index contributed by atoms with van der Waals surface area (Å²) in [5, 5.41) is 15.9. The number of aliphatic hydroxyl groups is 1. The Labute approximate surface area is 115 Å². The fourth-order valence-corrected chi connectivity index (χ4v) is 1.36. The lowest BCUT2D eigenvalue weighted by molar-refractivity contribution is -0.116. The zero-order chi connectivity index (χ0) is 14.7. The second kappa shape index (κ2) is 5.72. The molecule has 1 rings (SSSR count). The summed E-state index contributed by atoms with van der Waals surface area (Å²) < 4.78 is 0.